The predicted octanol–water partition coefficient (Wildman–Crippen LogP) is 2.29. The molecule has 162 valence electrons. The van der Waals surface area contributed by atoms with Crippen molar-refractivity contribution in [2.24, 2.45) is 7.05 Å². The number of aliphatic hydroxyl groups excluding tert-OH is 1. The summed E-state index contributed by atoms with van der Waals surface area (Å²) in [6.45, 7) is 0.229. The molecule has 0 unspecified atom stereocenters. The number of carbonyl (C=O) groups excluding carboxylic acids is 2. The van der Waals surface area contributed by atoms with Gasteiger partial charge in [-0.1, -0.05) is 5.92 Å². The topological polar surface area (TPSA) is 75.0 Å². The van der Waals surface area contributed by atoms with Crippen LogP contribution in [0.5, 0.6) is 0 Å². The molecule has 30 heavy (non-hydrogen) atoms. The van der Waals surface area contributed by atoms with Gasteiger partial charge in [0, 0.05) is 32.8 Å². The number of nitrogens with zero attached hydrogens (tertiary/aromatic N) is 3. The van der Waals surface area contributed by atoms with Crippen LogP contribution in [0, 0.1) is 19.3 Å². The summed E-state index contributed by atoms with van der Waals surface area (Å²) in [4.78, 5) is 28.6. The van der Waals surface area contributed by atoms with Crippen molar-refractivity contribution in [1.29, 1.82) is 0 Å². The number of terminal acetylenes is 1. The summed E-state index contributed by atoms with van der Waals surface area (Å²) in [5.41, 5.74) is 1.90. The minimum Gasteiger partial charge on any atom is -0.435 e. The summed E-state index contributed by atoms with van der Waals surface area (Å²) < 4.78 is 31.3. The SMILES string of the molecule is C#C/C(=C\C(=C/C)OC(F)F)c1c(C)c2c(n1C)C(=O)N(CCCO)CC(=O)N2C. The molecule has 9 heteroatoms. The quantitative estimate of drug-likeness (QED) is 0.417. The molecule has 1 aromatic rings. The van der Waals surface area contributed by atoms with Crippen LogP contribution in [0.25, 0.3) is 5.57 Å². The average Bonchev–Trinajstić information content (AvgIpc) is 2.91. The molecule has 2 amide bonds. The number of anilines is 1. The number of fused-ring (bicyclic) bond motifs is 1. The van der Waals surface area contributed by atoms with Gasteiger partial charge in [-0.2, -0.15) is 8.78 Å². The van der Waals surface area contributed by atoms with Crippen LogP contribution in [-0.4, -0.2) is 59.7 Å². The smallest absolute Gasteiger partial charge is 0.387 e. The Kier molecular flexibility index (Phi) is 7.40. The van der Waals surface area contributed by atoms with Crippen LogP contribution in [0.15, 0.2) is 17.9 Å². The molecule has 0 aliphatic carbocycles. The lowest BCUT2D eigenvalue weighted by atomic mass is 10.1. The number of halogens is 2. The van der Waals surface area contributed by atoms with E-state index in [1.807, 2.05) is 0 Å². The molecule has 0 radical (unpaired) electrons. The standard InChI is InChI=1S/C21H25F2N3O4/c1-6-14(11-15(7-2)30-21(22)23)17-13(3)18-19(25(17)5)20(29)26(9-8-10-27)12-16(28)24(18)4/h1,7,11,21,27H,8-10,12H2,2-5H3/b14-11+,15-7+. The Balaban J connectivity index is 2.67. The molecule has 7 nitrogen and oxygen atoms in total. The molecule has 0 fully saturated rings. The number of aliphatic hydroxyl groups is 1. The van der Waals surface area contributed by atoms with E-state index < -0.39 is 6.61 Å². The fourth-order valence-corrected chi connectivity index (χ4v) is 3.52. The maximum Gasteiger partial charge on any atom is 0.387 e. The van der Waals surface area contributed by atoms with Gasteiger partial charge in [0.2, 0.25) is 5.91 Å². The first kappa shape index (κ1) is 23.2. The van der Waals surface area contributed by atoms with Gasteiger partial charge in [0.25, 0.3) is 5.91 Å². The number of ether oxygens (including phenoxy) is 1. The second kappa shape index (κ2) is 9.59. The lowest BCUT2D eigenvalue weighted by Gasteiger charge is -2.20. The van der Waals surface area contributed by atoms with Gasteiger partial charge in [0.15, 0.2) is 0 Å². The first-order valence-corrected chi connectivity index (χ1v) is 9.33. The number of aromatic nitrogens is 1. The van der Waals surface area contributed by atoms with Crippen LogP contribution in [0.4, 0.5) is 14.5 Å². The number of rotatable bonds is 7. The van der Waals surface area contributed by atoms with Gasteiger partial charge in [-0.3, -0.25) is 9.59 Å². The van der Waals surface area contributed by atoms with Crippen LogP contribution in [0.2, 0.25) is 0 Å². The van der Waals surface area contributed by atoms with E-state index in [-0.39, 0.29) is 48.5 Å². The van der Waals surface area contributed by atoms with E-state index in [1.165, 1.54) is 28.9 Å². The fourth-order valence-electron chi connectivity index (χ4n) is 3.52. The predicted molar refractivity (Wildman–Crippen MR) is 109 cm³/mol. The Bertz CT molecular complexity index is 941. The molecule has 1 aromatic heterocycles. The Morgan fingerprint density at radius 2 is 2.03 bits per heavy atom. The summed E-state index contributed by atoms with van der Waals surface area (Å²) in [5.74, 6) is 1.68. The molecular formula is C21H25F2N3O4. The van der Waals surface area contributed by atoms with Gasteiger partial charge in [0.05, 0.1) is 17.0 Å². The van der Waals surface area contributed by atoms with E-state index >= 15 is 0 Å². The summed E-state index contributed by atoms with van der Waals surface area (Å²) >= 11 is 0. The zero-order chi connectivity index (χ0) is 22.6. The molecule has 1 aliphatic rings. The van der Waals surface area contributed by atoms with Crippen molar-refractivity contribution >= 4 is 23.1 Å². The molecular weight excluding hydrogens is 396 g/mol. The van der Waals surface area contributed by atoms with E-state index in [1.54, 1.807) is 25.6 Å². The number of amides is 2. The van der Waals surface area contributed by atoms with Crippen molar-refractivity contribution in [3.63, 3.8) is 0 Å². The van der Waals surface area contributed by atoms with Crippen LogP contribution in [-0.2, 0) is 16.6 Å². The largest absolute Gasteiger partial charge is 0.435 e. The summed E-state index contributed by atoms with van der Waals surface area (Å²) in [6, 6.07) is 0. The van der Waals surface area contributed by atoms with Gasteiger partial charge in [0.1, 0.15) is 18.0 Å². The van der Waals surface area contributed by atoms with Crippen LogP contribution in [0.1, 0.15) is 35.1 Å². The second-order valence-electron chi connectivity index (χ2n) is 6.76. The van der Waals surface area contributed by atoms with Gasteiger partial charge in [-0.15, -0.1) is 6.42 Å². The minimum absolute atomic E-state index is 0.110. The lowest BCUT2D eigenvalue weighted by molar-refractivity contribution is -0.118. The molecule has 0 aromatic carbocycles. The van der Waals surface area contributed by atoms with Crippen molar-refractivity contribution in [3.05, 3.63) is 34.9 Å². The molecule has 0 saturated carbocycles. The van der Waals surface area contributed by atoms with Crippen molar-refractivity contribution in [3.8, 4) is 12.3 Å². The van der Waals surface area contributed by atoms with Gasteiger partial charge in [-0.25, -0.2) is 0 Å². The highest BCUT2D eigenvalue weighted by atomic mass is 19.3. The van der Waals surface area contributed by atoms with Gasteiger partial charge < -0.3 is 24.2 Å². The third kappa shape index (κ3) is 4.39. The Labute approximate surface area is 174 Å². The Morgan fingerprint density at radius 1 is 1.37 bits per heavy atom. The number of likely N-dealkylation sites (N-methyl/N-ethyl adjacent to an activating group) is 1. The molecule has 0 spiro atoms. The van der Waals surface area contributed by atoms with Crippen LogP contribution < -0.4 is 4.90 Å². The van der Waals surface area contributed by atoms with E-state index in [2.05, 4.69) is 10.7 Å². The van der Waals surface area contributed by atoms with E-state index in [0.29, 0.717) is 23.4 Å². The third-order valence-corrected chi connectivity index (χ3v) is 4.92. The monoisotopic (exact) mass is 421 g/mol. The minimum atomic E-state index is -3.01. The van der Waals surface area contributed by atoms with Gasteiger partial charge in [-0.05, 0) is 32.4 Å². The molecule has 1 aliphatic heterocycles. The van der Waals surface area contributed by atoms with E-state index in [4.69, 9.17) is 11.5 Å². The fraction of sp³-hybridized carbons (Fsp3) is 0.429. The first-order chi connectivity index (χ1) is 14.2. The maximum atomic E-state index is 13.2. The number of alkyl halides is 2. The summed E-state index contributed by atoms with van der Waals surface area (Å²) in [7, 11) is 3.19. The van der Waals surface area contributed by atoms with Gasteiger partial charge >= 0.3 is 6.61 Å². The zero-order valence-electron chi connectivity index (χ0n) is 17.4. The number of hydrogen-bond donors (Lipinski definition) is 1. The van der Waals surface area contributed by atoms with Crippen molar-refractivity contribution < 1.29 is 28.2 Å². The number of carbonyl (C=O) groups is 2. The molecule has 0 bridgehead atoms. The summed E-state index contributed by atoms with van der Waals surface area (Å²) in [5, 5.41) is 9.11. The maximum absolute atomic E-state index is 13.2. The lowest BCUT2D eigenvalue weighted by Crippen LogP contribution is -2.39. The molecule has 1 N–H and O–H groups in total. The normalized spacial score (nSPS) is 15.4. The van der Waals surface area contributed by atoms with Crippen molar-refractivity contribution in [2.45, 2.75) is 26.9 Å². The first-order valence-electron chi connectivity index (χ1n) is 9.33. The molecule has 2 rings (SSSR count). The molecule has 2 heterocycles. The van der Waals surface area contributed by atoms with E-state index in [0.717, 1.165) is 0 Å². The average molecular weight is 421 g/mol. The third-order valence-electron chi connectivity index (χ3n) is 4.92. The highest BCUT2D eigenvalue weighted by Gasteiger charge is 2.35. The summed E-state index contributed by atoms with van der Waals surface area (Å²) in [6.07, 6.45) is 8.63. The molecule has 0 atom stereocenters. The number of hydrogen-bond acceptors (Lipinski definition) is 4. The highest BCUT2D eigenvalue weighted by Crippen LogP contribution is 2.36. The highest BCUT2D eigenvalue weighted by molar-refractivity contribution is 6.10. The zero-order valence-corrected chi connectivity index (χ0v) is 17.4. The second-order valence-corrected chi connectivity index (χ2v) is 6.76. The Morgan fingerprint density at radius 3 is 2.57 bits per heavy atom. The van der Waals surface area contributed by atoms with Crippen molar-refractivity contribution in [2.75, 3.05) is 31.6 Å². The van der Waals surface area contributed by atoms with Crippen molar-refractivity contribution in [1.82, 2.24) is 9.47 Å². The van der Waals surface area contributed by atoms with Crippen LogP contribution in [0.3, 0.4) is 0 Å². The Hall–Kier alpha value is -3.12. The van der Waals surface area contributed by atoms with E-state index in [9.17, 15) is 18.4 Å². The number of allylic oxidation sites excluding steroid dienone is 3. The van der Waals surface area contributed by atoms with Crippen LogP contribution >= 0.6 is 0 Å². The molecule has 0 saturated heterocycles.